The van der Waals surface area contributed by atoms with E-state index in [1.807, 2.05) is 60.7 Å². The summed E-state index contributed by atoms with van der Waals surface area (Å²) >= 11 is 12.1. The minimum atomic E-state index is 0.494. The molecule has 102 valence electrons. The molecule has 0 aliphatic carbocycles. The van der Waals surface area contributed by atoms with Crippen molar-refractivity contribution in [2.45, 2.75) is 6.54 Å². The van der Waals surface area contributed by atoms with Gasteiger partial charge in [-0.3, -0.25) is 0 Å². The summed E-state index contributed by atoms with van der Waals surface area (Å²) < 4.78 is 0. The van der Waals surface area contributed by atoms with E-state index in [1.54, 1.807) is 6.21 Å². The summed E-state index contributed by atoms with van der Waals surface area (Å²) in [6.45, 7) is 0.494. The molecule has 0 atom stereocenters. The maximum absolute atomic E-state index is 6.06. The van der Waals surface area contributed by atoms with Crippen LogP contribution in [0.1, 0.15) is 11.1 Å². The summed E-state index contributed by atoms with van der Waals surface area (Å²) in [6, 6.07) is 15.5. The molecule has 0 aliphatic rings. The van der Waals surface area contributed by atoms with Crippen molar-refractivity contribution in [3.63, 3.8) is 0 Å². The van der Waals surface area contributed by atoms with Crippen molar-refractivity contribution in [2.75, 3.05) is 0 Å². The van der Waals surface area contributed by atoms with E-state index in [4.69, 9.17) is 23.2 Å². The number of hydrazone groups is 1. The fraction of sp³-hybridized carbons (Fsp3) is 0.0625. The summed E-state index contributed by atoms with van der Waals surface area (Å²) in [5, 5.41) is 5.36. The highest BCUT2D eigenvalue weighted by atomic mass is 35.5. The zero-order valence-corrected chi connectivity index (χ0v) is 12.3. The number of benzene rings is 2. The van der Waals surface area contributed by atoms with Crippen LogP contribution < -0.4 is 5.43 Å². The lowest BCUT2D eigenvalue weighted by atomic mass is 10.2. The molecule has 0 fully saturated rings. The lowest BCUT2D eigenvalue weighted by Crippen LogP contribution is -2.06. The van der Waals surface area contributed by atoms with Gasteiger partial charge in [0.1, 0.15) is 0 Å². The summed E-state index contributed by atoms with van der Waals surface area (Å²) in [5.74, 6) is 0. The summed E-state index contributed by atoms with van der Waals surface area (Å²) in [4.78, 5) is 0. The van der Waals surface area contributed by atoms with Crippen molar-refractivity contribution in [3.8, 4) is 0 Å². The van der Waals surface area contributed by atoms with Gasteiger partial charge in [-0.15, -0.1) is 0 Å². The lowest BCUT2D eigenvalue weighted by Gasteiger charge is -2.05. The Balaban J connectivity index is 1.84. The van der Waals surface area contributed by atoms with Gasteiger partial charge in [0.15, 0.2) is 0 Å². The second-order valence-electron chi connectivity index (χ2n) is 4.08. The monoisotopic (exact) mass is 304 g/mol. The molecule has 20 heavy (non-hydrogen) atoms. The number of nitrogens with one attached hydrogen (secondary N) is 1. The molecule has 0 radical (unpaired) electrons. The smallest absolute Gasteiger partial charge is 0.0609 e. The van der Waals surface area contributed by atoms with Crippen molar-refractivity contribution in [1.29, 1.82) is 0 Å². The molecule has 2 aromatic carbocycles. The minimum absolute atomic E-state index is 0.494. The van der Waals surface area contributed by atoms with Crippen molar-refractivity contribution < 1.29 is 0 Å². The molecule has 0 amide bonds. The minimum Gasteiger partial charge on any atom is -0.306 e. The van der Waals surface area contributed by atoms with Gasteiger partial charge in [-0.05, 0) is 23.8 Å². The third kappa shape index (κ3) is 4.41. The van der Waals surface area contributed by atoms with Crippen LogP contribution in [0.4, 0.5) is 0 Å². The van der Waals surface area contributed by atoms with Crippen LogP contribution in [0.3, 0.4) is 0 Å². The van der Waals surface area contributed by atoms with E-state index in [0.717, 1.165) is 11.1 Å². The van der Waals surface area contributed by atoms with Crippen molar-refractivity contribution in [1.82, 2.24) is 5.43 Å². The van der Waals surface area contributed by atoms with Gasteiger partial charge in [-0.25, -0.2) is 0 Å². The first-order valence-corrected chi connectivity index (χ1v) is 6.93. The molecule has 0 saturated heterocycles. The molecule has 4 heteroatoms. The SMILES string of the molecule is Clc1cccc(Cl)c1CN/N=C\C=C\c1ccccc1. The lowest BCUT2D eigenvalue weighted by molar-refractivity contribution is 0.749. The van der Waals surface area contributed by atoms with E-state index in [0.29, 0.717) is 16.6 Å². The van der Waals surface area contributed by atoms with E-state index >= 15 is 0 Å². The highest BCUT2D eigenvalue weighted by molar-refractivity contribution is 6.35. The van der Waals surface area contributed by atoms with E-state index in [9.17, 15) is 0 Å². The van der Waals surface area contributed by atoms with Crippen molar-refractivity contribution in [2.24, 2.45) is 5.10 Å². The largest absolute Gasteiger partial charge is 0.306 e. The Morgan fingerprint density at radius 3 is 2.35 bits per heavy atom. The van der Waals surface area contributed by atoms with Crippen LogP contribution >= 0.6 is 23.2 Å². The van der Waals surface area contributed by atoms with Gasteiger partial charge in [0.05, 0.1) is 6.54 Å². The molecule has 0 aliphatic heterocycles. The standard InChI is InChI=1S/C16H14Cl2N2/c17-15-9-4-10-16(18)14(15)12-20-19-11-5-8-13-6-2-1-3-7-13/h1-11,20H,12H2/b8-5+,19-11-. The van der Waals surface area contributed by atoms with Crippen LogP contribution in [0.15, 0.2) is 59.7 Å². The second-order valence-corrected chi connectivity index (χ2v) is 4.90. The third-order valence-corrected chi connectivity index (χ3v) is 3.37. The highest BCUT2D eigenvalue weighted by Gasteiger charge is 2.03. The molecule has 1 N–H and O–H groups in total. The molecule has 0 aromatic heterocycles. The molecule has 2 aromatic rings. The topological polar surface area (TPSA) is 24.4 Å². The average Bonchev–Trinajstić information content (AvgIpc) is 2.46. The van der Waals surface area contributed by atoms with Gasteiger partial charge in [0.25, 0.3) is 0 Å². The van der Waals surface area contributed by atoms with Gasteiger partial charge < -0.3 is 5.43 Å². The first kappa shape index (κ1) is 14.6. The van der Waals surface area contributed by atoms with E-state index in [-0.39, 0.29) is 0 Å². The number of hydrogen-bond donors (Lipinski definition) is 1. The van der Waals surface area contributed by atoms with Crippen LogP contribution in [-0.2, 0) is 6.54 Å². The van der Waals surface area contributed by atoms with Crippen LogP contribution in [-0.4, -0.2) is 6.21 Å². The maximum atomic E-state index is 6.06. The van der Waals surface area contributed by atoms with Gasteiger partial charge in [0.2, 0.25) is 0 Å². The zero-order chi connectivity index (χ0) is 14.2. The molecule has 0 saturated carbocycles. The molecule has 0 bridgehead atoms. The number of nitrogens with zero attached hydrogens (tertiary/aromatic N) is 1. The van der Waals surface area contributed by atoms with Crippen LogP contribution in [0.5, 0.6) is 0 Å². The first-order valence-electron chi connectivity index (χ1n) is 6.18. The Hall–Kier alpha value is -1.77. The first-order chi connectivity index (χ1) is 9.77. The molecular formula is C16H14Cl2N2. The van der Waals surface area contributed by atoms with Crippen molar-refractivity contribution in [3.05, 3.63) is 75.8 Å². The molecular weight excluding hydrogens is 291 g/mol. The maximum Gasteiger partial charge on any atom is 0.0609 e. The van der Waals surface area contributed by atoms with Crippen LogP contribution in [0, 0.1) is 0 Å². The normalized spacial score (nSPS) is 11.3. The number of halogens is 2. The average molecular weight is 305 g/mol. The van der Waals surface area contributed by atoms with Crippen molar-refractivity contribution >= 4 is 35.5 Å². The van der Waals surface area contributed by atoms with Gasteiger partial charge in [-0.1, -0.05) is 65.7 Å². The highest BCUT2D eigenvalue weighted by Crippen LogP contribution is 2.23. The Morgan fingerprint density at radius 1 is 0.950 bits per heavy atom. The van der Waals surface area contributed by atoms with Crippen LogP contribution in [0.25, 0.3) is 6.08 Å². The Kier molecular flexibility index (Phi) is 5.66. The quantitative estimate of drug-likeness (QED) is 0.624. The number of rotatable bonds is 5. The van der Waals surface area contributed by atoms with Gasteiger partial charge >= 0.3 is 0 Å². The van der Waals surface area contributed by atoms with E-state index in [2.05, 4.69) is 10.5 Å². The third-order valence-electron chi connectivity index (χ3n) is 2.66. The Bertz CT molecular complexity index is 587. The summed E-state index contributed by atoms with van der Waals surface area (Å²) in [7, 11) is 0. The summed E-state index contributed by atoms with van der Waals surface area (Å²) in [6.07, 6.45) is 5.54. The van der Waals surface area contributed by atoms with E-state index < -0.39 is 0 Å². The fourth-order valence-corrected chi connectivity index (χ4v) is 2.17. The van der Waals surface area contributed by atoms with Gasteiger partial charge in [0, 0.05) is 21.8 Å². The zero-order valence-electron chi connectivity index (χ0n) is 10.8. The predicted molar refractivity (Wildman–Crippen MR) is 87.3 cm³/mol. The molecule has 0 unspecified atom stereocenters. The molecule has 0 spiro atoms. The second kappa shape index (κ2) is 7.73. The number of hydrogen-bond acceptors (Lipinski definition) is 2. The summed E-state index contributed by atoms with van der Waals surface area (Å²) in [5.41, 5.74) is 4.90. The van der Waals surface area contributed by atoms with Crippen LogP contribution in [0.2, 0.25) is 10.0 Å². The Labute approximate surface area is 128 Å². The molecule has 0 heterocycles. The Morgan fingerprint density at radius 2 is 1.65 bits per heavy atom. The van der Waals surface area contributed by atoms with E-state index in [1.165, 1.54) is 0 Å². The van der Waals surface area contributed by atoms with Gasteiger partial charge in [-0.2, -0.15) is 5.10 Å². The molecule has 2 rings (SSSR count). The molecule has 2 nitrogen and oxygen atoms in total. The number of allylic oxidation sites excluding steroid dienone is 1. The predicted octanol–water partition coefficient (Wildman–Crippen LogP) is 4.78. The fourth-order valence-electron chi connectivity index (χ4n) is 1.64.